The van der Waals surface area contributed by atoms with Crippen LogP contribution in [0.4, 0.5) is 0 Å². The molecule has 1 saturated heterocycles. The normalized spacial score (nSPS) is 16.3. The van der Waals surface area contributed by atoms with Crippen LogP contribution < -0.4 is 10.6 Å². The van der Waals surface area contributed by atoms with Gasteiger partial charge in [-0.05, 0) is 55.6 Å². The molecule has 1 unspecified atom stereocenters. The second kappa shape index (κ2) is 10.6. The topological polar surface area (TPSA) is 54.0 Å². The van der Waals surface area contributed by atoms with Gasteiger partial charge in [-0.1, -0.05) is 23.7 Å². The Bertz CT molecular complexity index is 674. The lowest BCUT2D eigenvalue weighted by atomic mass is 9.99. The van der Waals surface area contributed by atoms with Gasteiger partial charge in [0.15, 0.2) is 0 Å². The highest BCUT2D eigenvalue weighted by Gasteiger charge is 2.15. The van der Waals surface area contributed by atoms with E-state index >= 15 is 0 Å². The van der Waals surface area contributed by atoms with Crippen molar-refractivity contribution in [2.45, 2.75) is 12.8 Å². The standard InChI is InChI=1S/C18H20ClN3O.2ClH/c19-17-5-3-14(4-6-17)15-8-16(12-21-11-15)18(23)22-10-13-2-1-7-20-9-13;;/h3-6,8,11-13,20H,1-2,7,9-10H2,(H,22,23);2*1H. The maximum atomic E-state index is 12.3. The molecule has 1 aliphatic rings. The van der Waals surface area contributed by atoms with Gasteiger partial charge in [0.2, 0.25) is 0 Å². The Morgan fingerprint density at radius 2 is 1.96 bits per heavy atom. The van der Waals surface area contributed by atoms with E-state index in [1.807, 2.05) is 30.3 Å². The van der Waals surface area contributed by atoms with Crippen LogP contribution in [0.25, 0.3) is 11.1 Å². The minimum atomic E-state index is -0.0705. The summed E-state index contributed by atoms with van der Waals surface area (Å²) in [7, 11) is 0. The Kier molecular flexibility index (Phi) is 9.22. The van der Waals surface area contributed by atoms with Crippen molar-refractivity contribution in [3.05, 3.63) is 53.3 Å². The number of hydrogen-bond donors (Lipinski definition) is 2. The van der Waals surface area contributed by atoms with Gasteiger partial charge in [-0.15, -0.1) is 24.8 Å². The number of amides is 1. The van der Waals surface area contributed by atoms with Crippen molar-refractivity contribution >= 4 is 42.3 Å². The van der Waals surface area contributed by atoms with Crippen molar-refractivity contribution in [1.29, 1.82) is 0 Å². The molecular formula is C18H22Cl3N3O. The third-order valence-electron chi connectivity index (χ3n) is 4.13. The van der Waals surface area contributed by atoms with Crippen molar-refractivity contribution in [2.75, 3.05) is 19.6 Å². The number of hydrogen-bond acceptors (Lipinski definition) is 3. The lowest BCUT2D eigenvalue weighted by molar-refractivity contribution is 0.0944. The zero-order chi connectivity index (χ0) is 16.1. The van der Waals surface area contributed by atoms with Gasteiger partial charge in [0.05, 0.1) is 5.56 Å². The average Bonchev–Trinajstić information content (AvgIpc) is 2.61. The molecule has 2 heterocycles. The van der Waals surface area contributed by atoms with Crippen LogP contribution in [0, 0.1) is 5.92 Å². The number of nitrogens with zero attached hydrogens (tertiary/aromatic N) is 1. The molecule has 25 heavy (non-hydrogen) atoms. The first-order valence-electron chi connectivity index (χ1n) is 7.92. The van der Waals surface area contributed by atoms with E-state index in [0.717, 1.165) is 30.6 Å². The van der Waals surface area contributed by atoms with Crippen LogP contribution in [0.1, 0.15) is 23.2 Å². The average molecular weight is 403 g/mol. The van der Waals surface area contributed by atoms with E-state index in [-0.39, 0.29) is 30.7 Å². The molecule has 1 amide bonds. The Balaban J connectivity index is 0.00000156. The van der Waals surface area contributed by atoms with Crippen LogP contribution in [0.3, 0.4) is 0 Å². The van der Waals surface area contributed by atoms with Crippen LogP contribution in [-0.2, 0) is 0 Å². The largest absolute Gasteiger partial charge is 0.352 e. The maximum Gasteiger partial charge on any atom is 0.252 e. The molecule has 0 saturated carbocycles. The third-order valence-corrected chi connectivity index (χ3v) is 4.38. The summed E-state index contributed by atoms with van der Waals surface area (Å²) in [5.41, 5.74) is 2.49. The second-order valence-corrected chi connectivity index (χ2v) is 6.33. The summed E-state index contributed by atoms with van der Waals surface area (Å²) >= 11 is 5.91. The first-order valence-corrected chi connectivity index (χ1v) is 8.30. The number of piperidine rings is 1. The summed E-state index contributed by atoms with van der Waals surface area (Å²) < 4.78 is 0. The molecule has 3 rings (SSSR count). The van der Waals surface area contributed by atoms with E-state index in [2.05, 4.69) is 15.6 Å². The Labute approximate surface area is 165 Å². The number of nitrogens with one attached hydrogen (secondary N) is 2. The molecule has 0 radical (unpaired) electrons. The summed E-state index contributed by atoms with van der Waals surface area (Å²) in [5, 5.41) is 7.07. The molecule has 1 aromatic carbocycles. The molecule has 0 aliphatic carbocycles. The molecule has 0 bridgehead atoms. The highest BCUT2D eigenvalue weighted by molar-refractivity contribution is 6.30. The summed E-state index contributed by atoms with van der Waals surface area (Å²) in [6.45, 7) is 2.76. The Hall–Kier alpha value is -1.33. The van der Waals surface area contributed by atoms with E-state index in [4.69, 9.17) is 11.6 Å². The van der Waals surface area contributed by atoms with Gasteiger partial charge in [-0.3, -0.25) is 9.78 Å². The number of carbonyl (C=O) groups is 1. The molecule has 7 heteroatoms. The third kappa shape index (κ3) is 6.15. The van der Waals surface area contributed by atoms with Gasteiger partial charge in [0.1, 0.15) is 0 Å². The fourth-order valence-corrected chi connectivity index (χ4v) is 2.93. The summed E-state index contributed by atoms with van der Waals surface area (Å²) in [5.74, 6) is 0.444. The molecule has 136 valence electrons. The lowest BCUT2D eigenvalue weighted by Gasteiger charge is -2.22. The smallest absolute Gasteiger partial charge is 0.252 e. The fourth-order valence-electron chi connectivity index (χ4n) is 2.80. The van der Waals surface area contributed by atoms with Crippen LogP contribution in [0.2, 0.25) is 5.02 Å². The van der Waals surface area contributed by atoms with Gasteiger partial charge in [-0.25, -0.2) is 0 Å². The van der Waals surface area contributed by atoms with Gasteiger partial charge >= 0.3 is 0 Å². The van der Waals surface area contributed by atoms with E-state index in [0.29, 0.717) is 23.0 Å². The molecule has 0 spiro atoms. The van der Waals surface area contributed by atoms with Crippen LogP contribution in [0.5, 0.6) is 0 Å². The molecule has 1 atom stereocenters. The van der Waals surface area contributed by atoms with Crippen molar-refractivity contribution in [2.24, 2.45) is 5.92 Å². The number of benzene rings is 1. The van der Waals surface area contributed by atoms with Crippen molar-refractivity contribution in [1.82, 2.24) is 15.6 Å². The Morgan fingerprint density at radius 1 is 1.20 bits per heavy atom. The number of halogens is 3. The minimum absolute atomic E-state index is 0. The number of aromatic nitrogens is 1. The van der Waals surface area contributed by atoms with Crippen molar-refractivity contribution < 1.29 is 4.79 Å². The van der Waals surface area contributed by atoms with Gasteiger partial charge in [-0.2, -0.15) is 0 Å². The SMILES string of the molecule is Cl.Cl.O=C(NCC1CCCNC1)c1cncc(-c2ccc(Cl)cc2)c1. The monoisotopic (exact) mass is 401 g/mol. The predicted octanol–water partition coefficient (Wildman–Crippen LogP) is 3.98. The Morgan fingerprint density at radius 3 is 2.64 bits per heavy atom. The van der Waals surface area contributed by atoms with Gasteiger partial charge in [0.25, 0.3) is 5.91 Å². The summed E-state index contributed by atoms with van der Waals surface area (Å²) in [6, 6.07) is 9.38. The maximum absolute atomic E-state index is 12.3. The molecule has 4 nitrogen and oxygen atoms in total. The second-order valence-electron chi connectivity index (χ2n) is 5.89. The van der Waals surface area contributed by atoms with Crippen LogP contribution >= 0.6 is 36.4 Å². The van der Waals surface area contributed by atoms with Crippen molar-refractivity contribution in [3.63, 3.8) is 0 Å². The van der Waals surface area contributed by atoms with Gasteiger partial charge in [0, 0.05) is 29.5 Å². The van der Waals surface area contributed by atoms with E-state index in [1.54, 1.807) is 12.4 Å². The van der Waals surface area contributed by atoms with Crippen LogP contribution in [0.15, 0.2) is 42.7 Å². The highest BCUT2D eigenvalue weighted by Crippen LogP contribution is 2.21. The van der Waals surface area contributed by atoms with E-state index in [1.165, 1.54) is 6.42 Å². The minimum Gasteiger partial charge on any atom is -0.352 e. The van der Waals surface area contributed by atoms with E-state index in [9.17, 15) is 4.79 Å². The predicted molar refractivity (Wildman–Crippen MR) is 107 cm³/mol. The quantitative estimate of drug-likeness (QED) is 0.813. The molecule has 1 aromatic heterocycles. The first-order chi connectivity index (χ1) is 11.2. The highest BCUT2D eigenvalue weighted by atomic mass is 35.5. The summed E-state index contributed by atoms with van der Waals surface area (Å²) in [4.78, 5) is 16.5. The zero-order valence-electron chi connectivity index (χ0n) is 13.7. The molecule has 1 aliphatic heterocycles. The first kappa shape index (κ1) is 21.7. The van der Waals surface area contributed by atoms with Gasteiger partial charge < -0.3 is 10.6 Å². The molecule has 1 fully saturated rings. The number of carbonyl (C=O) groups excluding carboxylic acids is 1. The zero-order valence-corrected chi connectivity index (χ0v) is 16.1. The summed E-state index contributed by atoms with van der Waals surface area (Å²) in [6.07, 6.45) is 5.70. The lowest BCUT2D eigenvalue weighted by Crippen LogP contribution is -2.38. The van der Waals surface area contributed by atoms with E-state index < -0.39 is 0 Å². The molecular weight excluding hydrogens is 381 g/mol. The number of rotatable bonds is 4. The molecule has 2 N–H and O–H groups in total. The molecule has 2 aromatic rings. The number of pyridine rings is 1. The fraction of sp³-hybridized carbons (Fsp3) is 0.333. The van der Waals surface area contributed by atoms with Crippen LogP contribution in [-0.4, -0.2) is 30.5 Å². The van der Waals surface area contributed by atoms with Crippen molar-refractivity contribution in [3.8, 4) is 11.1 Å².